The quantitative estimate of drug-likeness (QED) is 0.609. The monoisotopic (exact) mass is 284 g/mol. The van der Waals surface area contributed by atoms with Crippen LogP contribution in [0.25, 0.3) is 0 Å². The Bertz CT molecular complexity index is 322. The minimum absolute atomic E-state index is 0.216. The van der Waals surface area contributed by atoms with Gasteiger partial charge in [0.15, 0.2) is 0 Å². The first-order valence-corrected chi connectivity index (χ1v) is 6.38. The van der Waals surface area contributed by atoms with Gasteiger partial charge in [-0.05, 0) is 17.9 Å². The molecular formula is C13H17BrO2. The van der Waals surface area contributed by atoms with Crippen molar-refractivity contribution in [2.45, 2.75) is 25.1 Å². The summed E-state index contributed by atoms with van der Waals surface area (Å²) in [6, 6.07) is 9.55. The van der Waals surface area contributed by atoms with Gasteiger partial charge in [0.05, 0.1) is 6.61 Å². The summed E-state index contributed by atoms with van der Waals surface area (Å²) >= 11 is 3.34. The summed E-state index contributed by atoms with van der Waals surface area (Å²) in [5.74, 6) is 0.338. The average molecular weight is 285 g/mol. The molecule has 3 heteroatoms. The van der Waals surface area contributed by atoms with Crippen LogP contribution in [0, 0.1) is 5.92 Å². The van der Waals surface area contributed by atoms with E-state index in [1.165, 1.54) is 0 Å². The molecule has 0 saturated heterocycles. The van der Waals surface area contributed by atoms with Crippen molar-refractivity contribution >= 4 is 21.9 Å². The van der Waals surface area contributed by atoms with Crippen LogP contribution in [0.1, 0.15) is 30.7 Å². The maximum atomic E-state index is 11.7. The molecule has 0 aromatic heterocycles. The van der Waals surface area contributed by atoms with Crippen LogP contribution in [-0.2, 0) is 9.53 Å². The molecule has 0 spiro atoms. The molecule has 0 fully saturated rings. The number of alkyl halides is 1. The number of hydrogen-bond acceptors (Lipinski definition) is 2. The number of rotatable bonds is 5. The van der Waals surface area contributed by atoms with Gasteiger partial charge in [-0.25, -0.2) is 0 Å². The van der Waals surface area contributed by atoms with Crippen LogP contribution in [0.2, 0.25) is 0 Å². The van der Waals surface area contributed by atoms with E-state index in [9.17, 15) is 4.79 Å². The molecule has 0 bridgehead atoms. The highest BCUT2D eigenvalue weighted by atomic mass is 79.9. The largest absolute Gasteiger partial charge is 0.465 e. The van der Waals surface area contributed by atoms with Crippen LogP contribution in [0.4, 0.5) is 0 Å². The van der Waals surface area contributed by atoms with Crippen LogP contribution < -0.4 is 0 Å². The highest BCUT2D eigenvalue weighted by Crippen LogP contribution is 2.23. The first-order chi connectivity index (χ1) is 7.61. The lowest BCUT2D eigenvalue weighted by Gasteiger charge is -2.11. The molecule has 1 aromatic carbocycles. The molecule has 16 heavy (non-hydrogen) atoms. The second-order valence-corrected chi connectivity index (χ2v) is 5.04. The Morgan fingerprint density at radius 3 is 2.50 bits per heavy atom. The van der Waals surface area contributed by atoms with Crippen LogP contribution in [0.3, 0.4) is 0 Å². The van der Waals surface area contributed by atoms with Gasteiger partial charge < -0.3 is 4.74 Å². The number of hydrogen-bond donors (Lipinski definition) is 0. The molecule has 1 atom stereocenters. The van der Waals surface area contributed by atoms with Crippen molar-refractivity contribution in [3.05, 3.63) is 35.9 Å². The Morgan fingerprint density at radius 1 is 1.31 bits per heavy atom. The normalized spacial score (nSPS) is 12.5. The fraction of sp³-hybridized carbons (Fsp3) is 0.462. The number of carbonyl (C=O) groups excluding carboxylic acids is 1. The minimum atomic E-state index is -0.360. The van der Waals surface area contributed by atoms with Gasteiger partial charge in [0.2, 0.25) is 0 Å². The van der Waals surface area contributed by atoms with Gasteiger partial charge in [0.25, 0.3) is 0 Å². The minimum Gasteiger partial charge on any atom is -0.465 e. The first-order valence-electron chi connectivity index (χ1n) is 5.47. The number of esters is 1. The van der Waals surface area contributed by atoms with Crippen molar-refractivity contribution in [3.63, 3.8) is 0 Å². The number of carbonyl (C=O) groups is 1. The predicted molar refractivity (Wildman–Crippen MR) is 68.5 cm³/mol. The van der Waals surface area contributed by atoms with Gasteiger partial charge >= 0.3 is 5.97 Å². The summed E-state index contributed by atoms with van der Waals surface area (Å²) in [6.07, 6.45) is 0.903. The number of benzene rings is 1. The van der Waals surface area contributed by atoms with E-state index in [-0.39, 0.29) is 10.8 Å². The van der Waals surface area contributed by atoms with Gasteiger partial charge in [-0.3, -0.25) is 4.79 Å². The molecule has 0 aliphatic heterocycles. The highest BCUT2D eigenvalue weighted by molar-refractivity contribution is 9.09. The highest BCUT2D eigenvalue weighted by Gasteiger charge is 2.18. The predicted octanol–water partition coefficient (Wildman–Crippen LogP) is 3.71. The molecule has 0 radical (unpaired) electrons. The summed E-state index contributed by atoms with van der Waals surface area (Å²) < 4.78 is 5.18. The number of halogens is 1. The fourth-order valence-electron chi connectivity index (χ4n) is 1.23. The lowest BCUT2D eigenvalue weighted by atomic mass is 10.1. The topological polar surface area (TPSA) is 26.3 Å². The molecule has 88 valence electrons. The van der Waals surface area contributed by atoms with E-state index in [1.54, 1.807) is 0 Å². The Balaban J connectivity index is 2.43. The zero-order chi connectivity index (χ0) is 12.0. The van der Waals surface area contributed by atoms with E-state index in [0.29, 0.717) is 12.5 Å². The summed E-state index contributed by atoms with van der Waals surface area (Å²) in [5, 5.41) is 0. The molecule has 0 N–H and O–H groups in total. The lowest BCUT2D eigenvalue weighted by Crippen LogP contribution is -2.12. The van der Waals surface area contributed by atoms with Gasteiger partial charge in [0.1, 0.15) is 4.83 Å². The van der Waals surface area contributed by atoms with E-state index in [1.807, 2.05) is 30.3 Å². The number of ether oxygens (including phenoxy) is 1. The molecule has 0 aliphatic rings. The standard InChI is InChI=1S/C13H17BrO2/c1-10(2)8-9-16-13(15)12(14)11-6-4-3-5-7-11/h3-7,10,12H,8-9H2,1-2H3/t12-/m0/s1. The van der Waals surface area contributed by atoms with E-state index in [4.69, 9.17) is 4.74 Å². The second-order valence-electron chi connectivity index (χ2n) is 4.12. The molecule has 0 unspecified atom stereocenters. The van der Waals surface area contributed by atoms with Gasteiger partial charge in [-0.15, -0.1) is 0 Å². The lowest BCUT2D eigenvalue weighted by molar-refractivity contribution is -0.143. The van der Waals surface area contributed by atoms with Crippen molar-refractivity contribution in [3.8, 4) is 0 Å². The Kier molecular flexibility index (Phi) is 5.53. The third-order valence-corrected chi connectivity index (χ3v) is 3.14. The van der Waals surface area contributed by atoms with Crippen molar-refractivity contribution in [1.82, 2.24) is 0 Å². The molecule has 0 heterocycles. The summed E-state index contributed by atoms with van der Waals surface area (Å²) in [4.78, 5) is 11.3. The van der Waals surface area contributed by atoms with Crippen molar-refractivity contribution in [2.75, 3.05) is 6.61 Å². The van der Waals surface area contributed by atoms with Crippen molar-refractivity contribution in [2.24, 2.45) is 5.92 Å². The van der Waals surface area contributed by atoms with E-state index < -0.39 is 0 Å². The SMILES string of the molecule is CC(C)CCOC(=O)[C@@H](Br)c1ccccc1. The molecular weight excluding hydrogens is 268 g/mol. The van der Waals surface area contributed by atoms with Gasteiger partial charge in [0, 0.05) is 0 Å². The Hall–Kier alpha value is -0.830. The Morgan fingerprint density at radius 2 is 1.94 bits per heavy atom. The summed E-state index contributed by atoms with van der Waals surface area (Å²) in [7, 11) is 0. The van der Waals surface area contributed by atoms with Crippen LogP contribution >= 0.6 is 15.9 Å². The first kappa shape index (κ1) is 13.2. The third-order valence-electron chi connectivity index (χ3n) is 2.24. The second kappa shape index (κ2) is 6.69. The zero-order valence-electron chi connectivity index (χ0n) is 9.65. The zero-order valence-corrected chi connectivity index (χ0v) is 11.2. The van der Waals surface area contributed by atoms with Gasteiger partial charge in [-0.1, -0.05) is 60.1 Å². The molecule has 2 nitrogen and oxygen atoms in total. The van der Waals surface area contributed by atoms with Crippen LogP contribution in [-0.4, -0.2) is 12.6 Å². The molecule has 0 amide bonds. The van der Waals surface area contributed by atoms with Crippen LogP contribution in [0.15, 0.2) is 30.3 Å². The maximum Gasteiger partial charge on any atom is 0.324 e. The summed E-state index contributed by atoms with van der Waals surface area (Å²) in [5.41, 5.74) is 0.928. The molecule has 1 rings (SSSR count). The smallest absolute Gasteiger partial charge is 0.324 e. The van der Waals surface area contributed by atoms with E-state index in [0.717, 1.165) is 12.0 Å². The van der Waals surface area contributed by atoms with Crippen LogP contribution in [0.5, 0.6) is 0 Å². The fourth-order valence-corrected chi connectivity index (χ4v) is 1.66. The van der Waals surface area contributed by atoms with E-state index >= 15 is 0 Å². The van der Waals surface area contributed by atoms with Gasteiger partial charge in [-0.2, -0.15) is 0 Å². The molecule has 0 aliphatic carbocycles. The summed E-state index contributed by atoms with van der Waals surface area (Å²) in [6.45, 7) is 4.71. The Labute approximate surface area is 105 Å². The van der Waals surface area contributed by atoms with E-state index in [2.05, 4.69) is 29.8 Å². The average Bonchev–Trinajstić information content (AvgIpc) is 2.28. The third kappa shape index (κ3) is 4.35. The van der Waals surface area contributed by atoms with Crippen molar-refractivity contribution in [1.29, 1.82) is 0 Å². The molecule has 0 saturated carbocycles. The maximum absolute atomic E-state index is 11.7. The molecule has 1 aromatic rings. The van der Waals surface area contributed by atoms with Crippen molar-refractivity contribution < 1.29 is 9.53 Å².